The Kier molecular flexibility index (Phi) is 4.85. The Morgan fingerprint density at radius 1 is 1.36 bits per heavy atom. The molecule has 80 valence electrons. The van der Waals surface area contributed by atoms with Crippen molar-refractivity contribution in [1.29, 1.82) is 0 Å². The molecule has 0 aromatic carbocycles. The summed E-state index contributed by atoms with van der Waals surface area (Å²) in [5, 5.41) is 8.12. The van der Waals surface area contributed by atoms with Crippen LogP contribution in [0.5, 0.6) is 0 Å². The minimum absolute atomic E-state index is 0.278. The smallest absolute Gasteiger partial charge is 0.346 e. The Balaban J connectivity index is 4.27. The number of carboxylic acid groups (broad SMARTS) is 1. The van der Waals surface area contributed by atoms with Crippen molar-refractivity contribution in [3.8, 4) is 0 Å². The third kappa shape index (κ3) is 6.18. The van der Waals surface area contributed by atoms with E-state index in [1.807, 2.05) is 0 Å². The second kappa shape index (κ2) is 5.38. The Bertz CT molecular complexity index is 339. The highest BCUT2D eigenvalue weighted by Crippen LogP contribution is 1.97. The summed E-state index contributed by atoms with van der Waals surface area (Å²) in [6.45, 7) is 1.61. The third-order valence-corrected chi connectivity index (χ3v) is 2.35. The van der Waals surface area contributed by atoms with Crippen LogP contribution >= 0.6 is 0 Å². The Labute approximate surface area is 81.3 Å². The van der Waals surface area contributed by atoms with Crippen LogP contribution in [-0.4, -0.2) is 31.2 Å². The first-order chi connectivity index (χ1) is 6.37. The second-order valence-electron chi connectivity index (χ2n) is 2.34. The minimum Gasteiger partial charge on any atom is -0.478 e. The summed E-state index contributed by atoms with van der Waals surface area (Å²) in [5.74, 6) is -2.84. The molecule has 0 saturated heterocycles. The molecule has 0 unspecified atom stereocenters. The van der Waals surface area contributed by atoms with Crippen molar-refractivity contribution < 1.29 is 27.3 Å². The summed E-state index contributed by atoms with van der Waals surface area (Å²) < 4.78 is 25.7. The van der Waals surface area contributed by atoms with Gasteiger partial charge in [0.1, 0.15) is 0 Å². The van der Waals surface area contributed by atoms with Gasteiger partial charge in [0.25, 0.3) is 0 Å². The second-order valence-corrected chi connectivity index (χ2v) is 4.03. The number of hydrogen-bond acceptors (Lipinski definition) is 5. The van der Waals surface area contributed by atoms with Gasteiger partial charge in [-0.2, -0.15) is 8.42 Å². The lowest BCUT2D eigenvalue weighted by molar-refractivity contribution is -0.133. The van der Waals surface area contributed by atoms with Crippen LogP contribution in [0.1, 0.15) is 13.3 Å². The van der Waals surface area contributed by atoms with Gasteiger partial charge in [-0.05, 0) is 6.42 Å². The molecule has 6 nitrogen and oxygen atoms in total. The summed E-state index contributed by atoms with van der Waals surface area (Å²) in [5.41, 5.74) is 0. The van der Waals surface area contributed by atoms with Gasteiger partial charge in [0.15, 0.2) is 0 Å². The van der Waals surface area contributed by atoms with Crippen molar-refractivity contribution in [2.75, 3.05) is 5.75 Å². The molecule has 0 amide bonds. The van der Waals surface area contributed by atoms with E-state index in [1.165, 1.54) is 0 Å². The maximum absolute atomic E-state index is 10.9. The standard InChI is InChI=1S/C7H10O6S/c1-2-5-14(11,12)13-7(10)4-3-6(8)9/h3-4H,2,5H2,1H3,(H,8,9)/b4-3-. The Morgan fingerprint density at radius 2 is 1.93 bits per heavy atom. The molecule has 0 fully saturated rings. The number of hydrogen-bond donors (Lipinski definition) is 1. The molecule has 0 saturated carbocycles. The fraction of sp³-hybridized carbons (Fsp3) is 0.429. The van der Waals surface area contributed by atoms with Crippen LogP contribution in [0.15, 0.2) is 12.2 Å². The predicted octanol–water partition coefficient (Wildman–Crippen LogP) is -0.0898. The summed E-state index contributed by atoms with van der Waals surface area (Å²) in [6.07, 6.45) is 1.36. The highest BCUT2D eigenvalue weighted by molar-refractivity contribution is 7.87. The molecule has 0 aliphatic heterocycles. The lowest BCUT2D eigenvalue weighted by atomic mass is 10.5. The SMILES string of the molecule is CCCS(=O)(=O)OC(=O)/C=C\C(=O)O. The molecule has 0 aliphatic carbocycles. The van der Waals surface area contributed by atoms with E-state index >= 15 is 0 Å². The molecule has 14 heavy (non-hydrogen) atoms. The first-order valence-corrected chi connectivity index (χ1v) is 5.32. The van der Waals surface area contributed by atoms with Crippen molar-refractivity contribution in [2.45, 2.75) is 13.3 Å². The van der Waals surface area contributed by atoms with Crippen LogP contribution in [0.4, 0.5) is 0 Å². The van der Waals surface area contributed by atoms with Gasteiger partial charge in [0, 0.05) is 12.2 Å². The summed E-state index contributed by atoms with van der Waals surface area (Å²) in [6, 6.07) is 0. The van der Waals surface area contributed by atoms with Gasteiger partial charge < -0.3 is 9.29 Å². The fourth-order valence-corrected chi connectivity index (χ4v) is 1.47. The first-order valence-electron chi connectivity index (χ1n) is 3.74. The molecule has 0 aromatic heterocycles. The van der Waals surface area contributed by atoms with E-state index in [-0.39, 0.29) is 5.75 Å². The van der Waals surface area contributed by atoms with Crippen molar-refractivity contribution in [1.82, 2.24) is 0 Å². The quantitative estimate of drug-likeness (QED) is 0.515. The number of carboxylic acids is 1. The van der Waals surface area contributed by atoms with Gasteiger partial charge in [-0.15, -0.1) is 0 Å². The maximum atomic E-state index is 10.9. The van der Waals surface area contributed by atoms with E-state index in [9.17, 15) is 18.0 Å². The summed E-state index contributed by atoms with van der Waals surface area (Å²) in [7, 11) is -3.87. The Morgan fingerprint density at radius 3 is 2.36 bits per heavy atom. The van der Waals surface area contributed by atoms with Crippen molar-refractivity contribution >= 4 is 22.1 Å². The van der Waals surface area contributed by atoms with Crippen LogP contribution in [-0.2, 0) is 23.9 Å². The van der Waals surface area contributed by atoms with Crippen molar-refractivity contribution in [2.24, 2.45) is 0 Å². The van der Waals surface area contributed by atoms with Crippen LogP contribution in [0, 0.1) is 0 Å². The van der Waals surface area contributed by atoms with Gasteiger partial charge in [0.2, 0.25) is 0 Å². The van der Waals surface area contributed by atoms with Crippen LogP contribution < -0.4 is 0 Å². The largest absolute Gasteiger partial charge is 0.478 e. The van der Waals surface area contributed by atoms with Crippen LogP contribution in [0.2, 0.25) is 0 Å². The molecule has 0 heterocycles. The lowest BCUT2D eigenvalue weighted by Crippen LogP contribution is -2.14. The zero-order valence-electron chi connectivity index (χ0n) is 7.47. The zero-order valence-corrected chi connectivity index (χ0v) is 8.28. The van der Waals surface area contributed by atoms with E-state index in [2.05, 4.69) is 4.18 Å². The Hall–Kier alpha value is -1.37. The van der Waals surface area contributed by atoms with Crippen molar-refractivity contribution in [3.63, 3.8) is 0 Å². The molecule has 0 atom stereocenters. The van der Waals surface area contributed by atoms with Crippen LogP contribution in [0.3, 0.4) is 0 Å². The van der Waals surface area contributed by atoms with Gasteiger partial charge in [0.05, 0.1) is 5.75 Å². The molecule has 0 spiro atoms. The molecule has 0 radical (unpaired) electrons. The average Bonchev–Trinajstić information content (AvgIpc) is 1.99. The summed E-state index contributed by atoms with van der Waals surface area (Å²) in [4.78, 5) is 20.6. The highest BCUT2D eigenvalue weighted by Gasteiger charge is 2.13. The van der Waals surface area contributed by atoms with Gasteiger partial charge >= 0.3 is 22.1 Å². The van der Waals surface area contributed by atoms with Gasteiger partial charge in [-0.25, -0.2) is 9.59 Å². The third-order valence-electron chi connectivity index (χ3n) is 1.03. The zero-order chi connectivity index (χ0) is 11.2. The number of carbonyl (C=O) groups is 2. The monoisotopic (exact) mass is 222 g/mol. The molecule has 0 rings (SSSR count). The molecule has 0 aromatic rings. The minimum atomic E-state index is -3.87. The van der Waals surface area contributed by atoms with Gasteiger partial charge in [-0.3, -0.25) is 0 Å². The van der Waals surface area contributed by atoms with Crippen molar-refractivity contribution in [3.05, 3.63) is 12.2 Å². The average molecular weight is 222 g/mol. The van der Waals surface area contributed by atoms with E-state index in [0.717, 1.165) is 0 Å². The van der Waals surface area contributed by atoms with E-state index in [1.54, 1.807) is 6.92 Å². The number of rotatable bonds is 5. The fourth-order valence-electron chi connectivity index (χ4n) is 0.584. The molecule has 7 heteroatoms. The van der Waals surface area contributed by atoms with E-state index in [0.29, 0.717) is 18.6 Å². The number of carbonyl (C=O) groups excluding carboxylic acids is 1. The van der Waals surface area contributed by atoms with E-state index < -0.39 is 22.1 Å². The molecular weight excluding hydrogens is 212 g/mol. The maximum Gasteiger partial charge on any atom is 0.346 e. The molecule has 0 aliphatic rings. The first kappa shape index (κ1) is 12.6. The molecular formula is C7H10O6S. The normalized spacial score (nSPS) is 11.5. The summed E-state index contributed by atoms with van der Waals surface area (Å²) >= 11 is 0. The number of aliphatic carboxylic acids is 1. The van der Waals surface area contributed by atoms with E-state index in [4.69, 9.17) is 5.11 Å². The highest BCUT2D eigenvalue weighted by atomic mass is 32.2. The molecule has 0 bridgehead atoms. The predicted molar refractivity (Wildman–Crippen MR) is 46.9 cm³/mol. The topological polar surface area (TPSA) is 97.7 Å². The van der Waals surface area contributed by atoms with Gasteiger partial charge in [-0.1, -0.05) is 6.92 Å². The molecule has 1 N–H and O–H groups in total. The lowest BCUT2D eigenvalue weighted by Gasteiger charge is -2.00. The van der Waals surface area contributed by atoms with Crippen LogP contribution in [0.25, 0.3) is 0 Å².